The van der Waals surface area contributed by atoms with Gasteiger partial charge in [-0.15, -0.1) is 0 Å². The Morgan fingerprint density at radius 3 is 2.86 bits per heavy atom. The molecule has 0 spiro atoms. The van der Waals surface area contributed by atoms with Gasteiger partial charge in [-0.05, 0) is 64.8 Å². The number of nitrogens with zero attached hydrogens (tertiary/aromatic N) is 1. The third-order valence-corrected chi connectivity index (χ3v) is 3.21. The quantitative estimate of drug-likeness (QED) is 0.703. The molecular formula is C12H26N2. The molecular weight excluding hydrogens is 172 g/mol. The summed E-state index contributed by atoms with van der Waals surface area (Å²) in [5.41, 5.74) is 0. The Morgan fingerprint density at radius 2 is 2.21 bits per heavy atom. The average Bonchev–Trinajstić information content (AvgIpc) is 2.25. The van der Waals surface area contributed by atoms with Gasteiger partial charge in [0.2, 0.25) is 0 Å². The minimum absolute atomic E-state index is 0.938. The van der Waals surface area contributed by atoms with Crippen molar-refractivity contribution in [1.29, 1.82) is 0 Å². The van der Waals surface area contributed by atoms with Gasteiger partial charge in [-0.3, -0.25) is 0 Å². The van der Waals surface area contributed by atoms with Crippen molar-refractivity contribution in [1.82, 2.24) is 10.2 Å². The molecule has 0 unspecified atom stereocenters. The molecule has 0 aromatic carbocycles. The van der Waals surface area contributed by atoms with Crippen molar-refractivity contribution in [3.8, 4) is 0 Å². The van der Waals surface area contributed by atoms with Crippen molar-refractivity contribution >= 4 is 0 Å². The fourth-order valence-corrected chi connectivity index (χ4v) is 2.11. The molecule has 1 saturated heterocycles. The first-order valence-corrected chi connectivity index (χ1v) is 6.22. The van der Waals surface area contributed by atoms with Crippen molar-refractivity contribution in [2.45, 2.75) is 39.0 Å². The molecule has 1 rings (SSSR count). The van der Waals surface area contributed by atoms with Gasteiger partial charge in [-0.2, -0.15) is 0 Å². The van der Waals surface area contributed by atoms with Crippen molar-refractivity contribution in [2.75, 3.05) is 33.2 Å². The molecule has 0 aromatic heterocycles. The minimum Gasteiger partial charge on any atom is -0.316 e. The number of piperidine rings is 1. The molecule has 1 atom stereocenters. The number of unbranched alkanes of at least 4 members (excludes halogenated alkanes) is 1. The fourth-order valence-electron chi connectivity index (χ4n) is 2.11. The molecule has 0 saturated carbocycles. The smallest absolute Gasteiger partial charge is 0.00187 e. The Balaban J connectivity index is 2.00. The van der Waals surface area contributed by atoms with E-state index in [1.54, 1.807) is 0 Å². The van der Waals surface area contributed by atoms with Crippen LogP contribution in [0.2, 0.25) is 0 Å². The van der Waals surface area contributed by atoms with Crippen LogP contribution < -0.4 is 5.32 Å². The van der Waals surface area contributed by atoms with Crippen LogP contribution in [0.15, 0.2) is 0 Å². The zero-order valence-electron chi connectivity index (χ0n) is 9.89. The van der Waals surface area contributed by atoms with E-state index >= 15 is 0 Å². The van der Waals surface area contributed by atoms with E-state index in [4.69, 9.17) is 0 Å². The van der Waals surface area contributed by atoms with Gasteiger partial charge in [0.1, 0.15) is 0 Å². The normalized spacial score (nSPS) is 22.9. The molecule has 0 aliphatic carbocycles. The predicted molar refractivity (Wildman–Crippen MR) is 62.6 cm³/mol. The number of nitrogens with one attached hydrogen (secondary N) is 1. The van der Waals surface area contributed by atoms with Gasteiger partial charge in [0.05, 0.1) is 0 Å². The second-order valence-electron chi connectivity index (χ2n) is 4.66. The van der Waals surface area contributed by atoms with E-state index in [0.29, 0.717) is 0 Å². The Labute approximate surface area is 89.1 Å². The van der Waals surface area contributed by atoms with Crippen LogP contribution in [0, 0.1) is 5.92 Å². The summed E-state index contributed by atoms with van der Waals surface area (Å²) in [4.78, 5) is 2.48. The maximum atomic E-state index is 3.48. The van der Waals surface area contributed by atoms with Crippen LogP contribution >= 0.6 is 0 Å². The monoisotopic (exact) mass is 198 g/mol. The molecule has 0 radical (unpaired) electrons. The average molecular weight is 198 g/mol. The largest absolute Gasteiger partial charge is 0.316 e. The lowest BCUT2D eigenvalue weighted by Gasteiger charge is -2.25. The van der Waals surface area contributed by atoms with Gasteiger partial charge in [0.15, 0.2) is 0 Å². The Bertz CT molecular complexity index is 130. The van der Waals surface area contributed by atoms with E-state index in [9.17, 15) is 0 Å². The second-order valence-corrected chi connectivity index (χ2v) is 4.66. The zero-order chi connectivity index (χ0) is 10.2. The van der Waals surface area contributed by atoms with Crippen LogP contribution in [0.3, 0.4) is 0 Å². The zero-order valence-corrected chi connectivity index (χ0v) is 9.89. The third-order valence-electron chi connectivity index (χ3n) is 3.21. The number of hydrogen-bond donors (Lipinski definition) is 1. The highest BCUT2D eigenvalue weighted by Gasteiger charge is 2.12. The Hall–Kier alpha value is -0.0800. The summed E-state index contributed by atoms with van der Waals surface area (Å²) >= 11 is 0. The van der Waals surface area contributed by atoms with Gasteiger partial charge in [-0.25, -0.2) is 0 Å². The van der Waals surface area contributed by atoms with E-state index in [1.807, 2.05) is 0 Å². The first-order valence-electron chi connectivity index (χ1n) is 6.22. The van der Waals surface area contributed by atoms with E-state index in [1.165, 1.54) is 58.3 Å². The maximum absolute atomic E-state index is 3.48. The molecule has 1 heterocycles. The first kappa shape index (κ1) is 12.0. The van der Waals surface area contributed by atoms with Crippen molar-refractivity contribution in [3.05, 3.63) is 0 Å². The van der Waals surface area contributed by atoms with Crippen molar-refractivity contribution < 1.29 is 0 Å². The topological polar surface area (TPSA) is 15.3 Å². The summed E-state index contributed by atoms with van der Waals surface area (Å²) in [5, 5.41) is 3.48. The van der Waals surface area contributed by atoms with Gasteiger partial charge in [-0.1, -0.05) is 13.3 Å². The first-order chi connectivity index (χ1) is 6.83. The lowest BCUT2D eigenvalue weighted by atomic mass is 9.96. The lowest BCUT2D eigenvalue weighted by Crippen LogP contribution is -2.32. The van der Waals surface area contributed by atoms with Crippen LogP contribution in [-0.2, 0) is 0 Å². The van der Waals surface area contributed by atoms with Gasteiger partial charge >= 0.3 is 0 Å². The summed E-state index contributed by atoms with van der Waals surface area (Å²) < 4.78 is 0. The molecule has 1 fully saturated rings. The predicted octanol–water partition coefficient (Wildman–Crippen LogP) is 2.11. The molecule has 1 aliphatic heterocycles. The summed E-state index contributed by atoms with van der Waals surface area (Å²) in [6, 6.07) is 0. The molecule has 0 aromatic rings. The molecule has 0 amide bonds. The van der Waals surface area contributed by atoms with E-state index in [0.717, 1.165) is 5.92 Å². The molecule has 84 valence electrons. The molecule has 0 bridgehead atoms. The van der Waals surface area contributed by atoms with Crippen LogP contribution in [-0.4, -0.2) is 38.1 Å². The van der Waals surface area contributed by atoms with Gasteiger partial charge in [0.25, 0.3) is 0 Å². The van der Waals surface area contributed by atoms with Crippen LogP contribution in [0.25, 0.3) is 0 Å². The SMILES string of the molecule is CCCCN(C)CC[C@H]1CCCNC1. The molecule has 14 heavy (non-hydrogen) atoms. The van der Waals surface area contributed by atoms with E-state index in [2.05, 4.69) is 24.2 Å². The van der Waals surface area contributed by atoms with E-state index in [-0.39, 0.29) is 0 Å². The number of hydrogen-bond acceptors (Lipinski definition) is 2. The van der Waals surface area contributed by atoms with Crippen molar-refractivity contribution in [3.63, 3.8) is 0 Å². The fraction of sp³-hybridized carbons (Fsp3) is 1.00. The van der Waals surface area contributed by atoms with Crippen LogP contribution in [0.4, 0.5) is 0 Å². The van der Waals surface area contributed by atoms with Gasteiger partial charge < -0.3 is 10.2 Å². The Morgan fingerprint density at radius 1 is 1.36 bits per heavy atom. The highest BCUT2D eigenvalue weighted by atomic mass is 15.1. The standard InChI is InChI=1S/C12H26N2/c1-3-4-9-14(2)10-7-12-6-5-8-13-11-12/h12-13H,3-11H2,1-2H3/t12-/m1/s1. The highest BCUT2D eigenvalue weighted by Crippen LogP contribution is 2.14. The molecule has 2 heteroatoms. The van der Waals surface area contributed by atoms with E-state index < -0.39 is 0 Å². The lowest BCUT2D eigenvalue weighted by molar-refractivity contribution is 0.271. The second kappa shape index (κ2) is 7.24. The maximum Gasteiger partial charge on any atom is -0.00187 e. The van der Waals surface area contributed by atoms with Gasteiger partial charge in [0, 0.05) is 0 Å². The minimum atomic E-state index is 0.938. The molecule has 2 nitrogen and oxygen atoms in total. The third kappa shape index (κ3) is 4.97. The summed E-state index contributed by atoms with van der Waals surface area (Å²) in [5.74, 6) is 0.938. The summed E-state index contributed by atoms with van der Waals surface area (Å²) in [6.07, 6.45) is 6.86. The van der Waals surface area contributed by atoms with Crippen LogP contribution in [0.1, 0.15) is 39.0 Å². The highest BCUT2D eigenvalue weighted by molar-refractivity contribution is 4.70. The Kier molecular flexibility index (Phi) is 6.20. The summed E-state index contributed by atoms with van der Waals surface area (Å²) in [7, 11) is 2.26. The molecule has 1 aliphatic rings. The summed E-state index contributed by atoms with van der Waals surface area (Å²) in [6.45, 7) is 7.31. The number of rotatable bonds is 6. The van der Waals surface area contributed by atoms with Crippen molar-refractivity contribution in [2.24, 2.45) is 5.92 Å². The molecule has 1 N–H and O–H groups in total. The van der Waals surface area contributed by atoms with Crippen LogP contribution in [0.5, 0.6) is 0 Å².